The summed E-state index contributed by atoms with van der Waals surface area (Å²) in [5.74, 6) is -1.58. The molecule has 1 aromatic rings. The van der Waals surface area contributed by atoms with E-state index in [1.807, 2.05) is 0 Å². The molecule has 1 aromatic carbocycles. The van der Waals surface area contributed by atoms with Crippen LogP contribution in [0.15, 0.2) is 18.2 Å². The van der Waals surface area contributed by atoms with E-state index >= 15 is 0 Å². The molecule has 0 bridgehead atoms. The molecule has 0 aromatic heterocycles. The molecule has 2 aliphatic carbocycles. The molecule has 0 radical (unpaired) electrons. The Hall–Kier alpha value is -2.37. The highest BCUT2D eigenvalue weighted by atomic mass is 16.4. The van der Waals surface area contributed by atoms with Gasteiger partial charge in [-0.05, 0) is 43.4 Å². The normalized spacial score (nSPS) is 18.7. The molecular formula is C21H27N2O4-. The predicted molar refractivity (Wildman–Crippen MR) is 101 cm³/mol. The fourth-order valence-electron chi connectivity index (χ4n) is 4.08. The summed E-state index contributed by atoms with van der Waals surface area (Å²) in [6.07, 6.45) is 9.88. The number of anilines is 2. The van der Waals surface area contributed by atoms with Crippen molar-refractivity contribution in [3.8, 4) is 0 Å². The summed E-state index contributed by atoms with van der Waals surface area (Å²) in [6, 6.07) is 4.29. The maximum absolute atomic E-state index is 12.6. The van der Waals surface area contributed by atoms with E-state index in [0.717, 1.165) is 64.2 Å². The number of hydrogen-bond donors (Lipinski definition) is 2. The molecule has 6 nitrogen and oxygen atoms in total. The minimum absolute atomic E-state index is 0.0235. The molecule has 0 heterocycles. The molecule has 2 fully saturated rings. The van der Waals surface area contributed by atoms with Crippen molar-refractivity contribution in [1.82, 2.24) is 0 Å². The Labute approximate surface area is 159 Å². The third kappa shape index (κ3) is 5.08. The second-order valence-electron chi connectivity index (χ2n) is 7.70. The monoisotopic (exact) mass is 371 g/mol. The van der Waals surface area contributed by atoms with E-state index in [9.17, 15) is 19.5 Å². The van der Waals surface area contributed by atoms with E-state index in [1.165, 1.54) is 18.2 Å². The maximum Gasteiger partial charge on any atom is 0.227 e. The molecule has 2 aliphatic rings. The summed E-state index contributed by atoms with van der Waals surface area (Å²) >= 11 is 0. The van der Waals surface area contributed by atoms with Crippen LogP contribution in [-0.2, 0) is 9.59 Å². The number of aromatic carboxylic acids is 1. The zero-order chi connectivity index (χ0) is 19.2. The van der Waals surface area contributed by atoms with E-state index in [0.29, 0.717) is 11.4 Å². The van der Waals surface area contributed by atoms with Crippen LogP contribution in [0, 0.1) is 11.8 Å². The number of nitrogens with one attached hydrogen (secondary N) is 2. The molecule has 2 saturated carbocycles. The molecule has 0 aliphatic heterocycles. The molecule has 2 amide bonds. The van der Waals surface area contributed by atoms with E-state index in [-0.39, 0.29) is 29.2 Å². The highest BCUT2D eigenvalue weighted by Crippen LogP contribution is 2.30. The third-order valence-electron chi connectivity index (χ3n) is 5.72. The Morgan fingerprint density at radius 3 is 1.70 bits per heavy atom. The van der Waals surface area contributed by atoms with Gasteiger partial charge in [-0.2, -0.15) is 0 Å². The topological polar surface area (TPSA) is 98.3 Å². The Balaban J connectivity index is 1.76. The van der Waals surface area contributed by atoms with E-state index in [1.54, 1.807) is 0 Å². The van der Waals surface area contributed by atoms with Gasteiger partial charge < -0.3 is 20.5 Å². The van der Waals surface area contributed by atoms with Crippen LogP contribution in [0.25, 0.3) is 0 Å². The van der Waals surface area contributed by atoms with E-state index in [2.05, 4.69) is 10.6 Å². The second-order valence-corrected chi connectivity index (χ2v) is 7.70. The Morgan fingerprint density at radius 2 is 1.22 bits per heavy atom. The van der Waals surface area contributed by atoms with Crippen molar-refractivity contribution in [2.45, 2.75) is 64.2 Å². The lowest BCUT2D eigenvalue weighted by atomic mass is 9.88. The molecule has 2 N–H and O–H groups in total. The molecule has 0 saturated heterocycles. The summed E-state index contributed by atoms with van der Waals surface area (Å²) < 4.78 is 0. The van der Waals surface area contributed by atoms with E-state index in [4.69, 9.17) is 0 Å². The van der Waals surface area contributed by atoms with Gasteiger partial charge in [-0.25, -0.2) is 0 Å². The van der Waals surface area contributed by atoms with Crippen LogP contribution in [0.2, 0.25) is 0 Å². The maximum atomic E-state index is 12.6. The molecule has 27 heavy (non-hydrogen) atoms. The van der Waals surface area contributed by atoms with E-state index < -0.39 is 5.97 Å². The zero-order valence-corrected chi connectivity index (χ0v) is 15.6. The van der Waals surface area contributed by atoms with Crippen molar-refractivity contribution in [3.05, 3.63) is 23.8 Å². The molecule has 3 rings (SSSR count). The lowest BCUT2D eigenvalue weighted by Crippen LogP contribution is -2.28. The fraction of sp³-hybridized carbons (Fsp3) is 0.571. The first kappa shape index (κ1) is 19.4. The van der Waals surface area contributed by atoms with Gasteiger partial charge in [0, 0.05) is 11.8 Å². The number of carbonyl (C=O) groups excluding carboxylic acids is 3. The minimum atomic E-state index is -1.31. The summed E-state index contributed by atoms with van der Waals surface area (Å²) in [6.45, 7) is 0. The lowest BCUT2D eigenvalue weighted by Gasteiger charge is -2.24. The van der Waals surface area contributed by atoms with Crippen LogP contribution < -0.4 is 15.7 Å². The first-order valence-electron chi connectivity index (χ1n) is 10.0. The summed E-state index contributed by atoms with van der Waals surface area (Å²) in [5, 5.41) is 16.9. The van der Waals surface area contributed by atoms with Gasteiger partial charge in [0.15, 0.2) is 0 Å². The van der Waals surface area contributed by atoms with Crippen molar-refractivity contribution in [3.63, 3.8) is 0 Å². The molecular weight excluding hydrogens is 344 g/mol. The summed E-state index contributed by atoms with van der Waals surface area (Å²) in [4.78, 5) is 36.4. The van der Waals surface area contributed by atoms with Crippen molar-refractivity contribution < 1.29 is 19.5 Å². The van der Waals surface area contributed by atoms with Crippen LogP contribution >= 0.6 is 0 Å². The van der Waals surface area contributed by atoms with Crippen molar-refractivity contribution >= 4 is 29.2 Å². The SMILES string of the molecule is O=C([O-])c1ccc(NC(=O)C2CCCCC2)c(NC(=O)C2CCCCC2)c1. The van der Waals surface area contributed by atoms with Crippen LogP contribution in [0.3, 0.4) is 0 Å². The summed E-state index contributed by atoms with van der Waals surface area (Å²) in [5.41, 5.74) is 0.751. The molecule has 0 spiro atoms. The number of hydrogen-bond acceptors (Lipinski definition) is 4. The van der Waals surface area contributed by atoms with Crippen molar-refractivity contribution in [2.75, 3.05) is 10.6 Å². The van der Waals surface area contributed by atoms with Gasteiger partial charge >= 0.3 is 0 Å². The number of amides is 2. The van der Waals surface area contributed by atoms with Crippen LogP contribution in [0.5, 0.6) is 0 Å². The van der Waals surface area contributed by atoms with Gasteiger partial charge in [-0.1, -0.05) is 44.6 Å². The number of carbonyl (C=O) groups is 3. The number of carboxylic acid groups (broad SMARTS) is 1. The number of rotatable bonds is 5. The first-order valence-corrected chi connectivity index (χ1v) is 10.0. The van der Waals surface area contributed by atoms with Crippen LogP contribution in [0.4, 0.5) is 11.4 Å². The lowest BCUT2D eigenvalue weighted by molar-refractivity contribution is -0.255. The van der Waals surface area contributed by atoms with Gasteiger partial charge in [0.1, 0.15) is 0 Å². The minimum Gasteiger partial charge on any atom is -0.545 e. The van der Waals surface area contributed by atoms with Crippen molar-refractivity contribution in [1.29, 1.82) is 0 Å². The van der Waals surface area contributed by atoms with Gasteiger partial charge in [-0.3, -0.25) is 9.59 Å². The quantitative estimate of drug-likeness (QED) is 0.831. The summed E-state index contributed by atoms with van der Waals surface area (Å²) in [7, 11) is 0. The smallest absolute Gasteiger partial charge is 0.227 e. The number of benzene rings is 1. The fourth-order valence-corrected chi connectivity index (χ4v) is 4.08. The average molecular weight is 371 g/mol. The largest absolute Gasteiger partial charge is 0.545 e. The standard InChI is InChI=1S/C21H28N2O4/c24-19(14-7-3-1-4-8-14)22-17-12-11-16(21(26)27)13-18(17)23-20(25)15-9-5-2-6-10-15/h11-15H,1-10H2,(H,22,24)(H,23,25)(H,26,27)/p-1. The van der Waals surface area contributed by atoms with Crippen molar-refractivity contribution in [2.24, 2.45) is 11.8 Å². The third-order valence-corrected chi connectivity index (χ3v) is 5.72. The Bertz CT molecular complexity index is 704. The van der Waals surface area contributed by atoms with Gasteiger partial charge in [0.2, 0.25) is 11.8 Å². The van der Waals surface area contributed by atoms with Crippen LogP contribution in [-0.4, -0.2) is 17.8 Å². The van der Waals surface area contributed by atoms with Gasteiger partial charge in [0.25, 0.3) is 0 Å². The molecule has 6 heteroatoms. The molecule has 146 valence electrons. The Morgan fingerprint density at radius 1 is 0.741 bits per heavy atom. The average Bonchev–Trinajstić information content (AvgIpc) is 2.70. The van der Waals surface area contributed by atoms with Gasteiger partial charge in [-0.15, -0.1) is 0 Å². The Kier molecular flexibility index (Phi) is 6.48. The second kappa shape index (κ2) is 9.02. The van der Waals surface area contributed by atoms with Crippen LogP contribution in [0.1, 0.15) is 74.6 Å². The predicted octanol–water partition coefficient (Wildman–Crippen LogP) is 3.09. The van der Waals surface area contributed by atoms with Gasteiger partial charge in [0.05, 0.1) is 17.3 Å². The zero-order valence-electron chi connectivity index (χ0n) is 15.6. The first-order chi connectivity index (χ1) is 13.0. The molecule has 0 unspecified atom stereocenters. The highest BCUT2D eigenvalue weighted by molar-refractivity contribution is 6.02. The highest BCUT2D eigenvalue weighted by Gasteiger charge is 2.24. The molecule has 0 atom stereocenters. The number of carboxylic acids is 1.